The number of pyridine rings is 1. The fourth-order valence-corrected chi connectivity index (χ4v) is 1.81. The quantitative estimate of drug-likeness (QED) is 0.588. The lowest BCUT2D eigenvalue weighted by atomic mass is 10.2. The Hall–Kier alpha value is -2.20. The highest BCUT2D eigenvalue weighted by molar-refractivity contribution is 5.57. The van der Waals surface area contributed by atoms with Crippen LogP contribution in [0.1, 0.15) is 12.0 Å². The van der Waals surface area contributed by atoms with Gasteiger partial charge in [-0.2, -0.15) is 5.26 Å². The van der Waals surface area contributed by atoms with Gasteiger partial charge in [0.1, 0.15) is 23.6 Å². The van der Waals surface area contributed by atoms with Crippen LogP contribution in [0.5, 0.6) is 0 Å². The second-order valence-corrected chi connectivity index (χ2v) is 3.82. The number of aromatic nitrogens is 1. The van der Waals surface area contributed by atoms with Crippen LogP contribution in [-0.4, -0.2) is 34.2 Å². The molecule has 7 nitrogen and oxygen atoms in total. The number of anilines is 1. The number of aliphatic hydroxyl groups is 1. The number of rotatable bonds is 2. The lowest BCUT2D eigenvalue weighted by molar-refractivity contribution is -0.385. The SMILES string of the molecule is N#Cc1cc([N+](=O)[O-])cnc1N1CC[C@H](O)C1. The summed E-state index contributed by atoms with van der Waals surface area (Å²) in [5.74, 6) is 0.398. The van der Waals surface area contributed by atoms with Gasteiger partial charge in [0, 0.05) is 19.2 Å². The minimum absolute atomic E-state index is 0.160. The molecule has 1 aromatic heterocycles. The summed E-state index contributed by atoms with van der Waals surface area (Å²) in [5, 5.41) is 28.9. The summed E-state index contributed by atoms with van der Waals surface area (Å²) in [4.78, 5) is 15.7. The summed E-state index contributed by atoms with van der Waals surface area (Å²) in [6, 6.07) is 3.09. The number of β-amino-alcohol motifs (C(OH)–C–C–N with tert-alkyl or cyclic N) is 1. The van der Waals surface area contributed by atoms with Crippen LogP contribution >= 0.6 is 0 Å². The molecule has 0 saturated carbocycles. The van der Waals surface area contributed by atoms with E-state index in [0.717, 1.165) is 6.20 Å². The molecule has 1 N–H and O–H groups in total. The third-order valence-corrected chi connectivity index (χ3v) is 2.65. The predicted octanol–water partition coefficient (Wildman–Crippen LogP) is 0.432. The Morgan fingerprint density at radius 1 is 1.71 bits per heavy atom. The zero-order valence-electron chi connectivity index (χ0n) is 8.91. The minimum atomic E-state index is -0.587. The van der Waals surface area contributed by atoms with Gasteiger partial charge in [0.2, 0.25) is 0 Å². The summed E-state index contributed by atoms with van der Waals surface area (Å²) in [6.07, 6.45) is 1.31. The van der Waals surface area contributed by atoms with Crippen LogP contribution in [-0.2, 0) is 0 Å². The number of nitrogens with zero attached hydrogens (tertiary/aromatic N) is 4. The fraction of sp³-hybridized carbons (Fsp3) is 0.400. The number of hydrogen-bond acceptors (Lipinski definition) is 6. The number of aliphatic hydroxyl groups excluding tert-OH is 1. The van der Waals surface area contributed by atoms with Crippen molar-refractivity contribution in [1.82, 2.24) is 4.98 Å². The summed E-state index contributed by atoms with van der Waals surface area (Å²) in [6.45, 7) is 1.00. The standard InChI is InChI=1S/C10H10N4O3/c11-4-7-3-8(14(16)17)5-12-10(7)13-2-1-9(15)6-13/h3,5,9,15H,1-2,6H2/t9-/m0/s1. The molecule has 0 amide bonds. The van der Waals surface area contributed by atoms with Gasteiger partial charge in [0.05, 0.1) is 11.0 Å². The molecule has 17 heavy (non-hydrogen) atoms. The van der Waals surface area contributed by atoms with Crippen molar-refractivity contribution in [2.45, 2.75) is 12.5 Å². The van der Waals surface area contributed by atoms with Crippen LogP contribution in [0, 0.1) is 21.4 Å². The molecule has 1 saturated heterocycles. The molecule has 0 aromatic carbocycles. The fourth-order valence-electron chi connectivity index (χ4n) is 1.81. The molecule has 1 aromatic rings. The third-order valence-electron chi connectivity index (χ3n) is 2.65. The first-order valence-electron chi connectivity index (χ1n) is 5.09. The summed E-state index contributed by atoms with van der Waals surface area (Å²) < 4.78 is 0. The first kappa shape index (κ1) is 11.3. The second-order valence-electron chi connectivity index (χ2n) is 3.82. The molecular weight excluding hydrogens is 224 g/mol. The van der Waals surface area contributed by atoms with Crippen LogP contribution < -0.4 is 4.90 Å². The normalized spacial score (nSPS) is 19.1. The molecule has 1 atom stereocenters. The van der Waals surface area contributed by atoms with Crippen molar-refractivity contribution in [3.05, 3.63) is 27.9 Å². The summed E-state index contributed by atoms with van der Waals surface area (Å²) in [5.41, 5.74) is -0.0432. The molecule has 0 unspecified atom stereocenters. The molecule has 0 aliphatic carbocycles. The Morgan fingerprint density at radius 2 is 2.47 bits per heavy atom. The maximum Gasteiger partial charge on any atom is 0.289 e. The van der Waals surface area contributed by atoms with E-state index in [1.54, 1.807) is 4.90 Å². The lowest BCUT2D eigenvalue weighted by Gasteiger charge is -2.17. The number of nitriles is 1. The molecule has 0 spiro atoms. The van der Waals surface area contributed by atoms with Crippen LogP contribution in [0.2, 0.25) is 0 Å². The van der Waals surface area contributed by atoms with Crippen LogP contribution in [0.4, 0.5) is 11.5 Å². The van der Waals surface area contributed by atoms with Crippen molar-refractivity contribution in [3.63, 3.8) is 0 Å². The van der Waals surface area contributed by atoms with E-state index in [9.17, 15) is 15.2 Å². The van der Waals surface area contributed by atoms with Gasteiger partial charge in [-0.25, -0.2) is 4.98 Å². The van der Waals surface area contributed by atoms with E-state index in [1.165, 1.54) is 6.07 Å². The van der Waals surface area contributed by atoms with Gasteiger partial charge in [0.15, 0.2) is 0 Å². The first-order valence-corrected chi connectivity index (χ1v) is 5.09. The monoisotopic (exact) mass is 234 g/mol. The molecule has 2 heterocycles. The number of hydrogen-bond donors (Lipinski definition) is 1. The Balaban J connectivity index is 2.35. The Kier molecular flexibility index (Phi) is 2.89. The average Bonchev–Trinajstić information content (AvgIpc) is 2.74. The van der Waals surface area contributed by atoms with E-state index >= 15 is 0 Å². The van der Waals surface area contributed by atoms with Crippen molar-refractivity contribution in [2.24, 2.45) is 0 Å². The molecule has 88 valence electrons. The zero-order chi connectivity index (χ0) is 12.4. The first-order chi connectivity index (χ1) is 8.11. The van der Waals surface area contributed by atoms with Gasteiger partial charge < -0.3 is 10.0 Å². The van der Waals surface area contributed by atoms with E-state index in [-0.39, 0.29) is 11.3 Å². The Morgan fingerprint density at radius 3 is 3.00 bits per heavy atom. The molecule has 1 aliphatic rings. The van der Waals surface area contributed by atoms with Crippen LogP contribution in [0.25, 0.3) is 0 Å². The third kappa shape index (κ3) is 2.16. The highest BCUT2D eigenvalue weighted by Gasteiger charge is 2.24. The molecule has 2 rings (SSSR count). The minimum Gasteiger partial charge on any atom is -0.391 e. The van der Waals surface area contributed by atoms with Crippen molar-refractivity contribution in [3.8, 4) is 6.07 Å². The van der Waals surface area contributed by atoms with E-state index in [4.69, 9.17) is 5.26 Å². The lowest BCUT2D eigenvalue weighted by Crippen LogP contribution is -2.23. The topological polar surface area (TPSA) is 103 Å². The van der Waals surface area contributed by atoms with Gasteiger partial charge in [-0.3, -0.25) is 10.1 Å². The second kappa shape index (κ2) is 4.35. The maximum atomic E-state index is 10.6. The van der Waals surface area contributed by atoms with Gasteiger partial charge >= 0.3 is 0 Å². The smallest absolute Gasteiger partial charge is 0.289 e. The van der Waals surface area contributed by atoms with Gasteiger partial charge in [-0.05, 0) is 6.42 Å². The van der Waals surface area contributed by atoms with Gasteiger partial charge in [0.25, 0.3) is 5.69 Å². The zero-order valence-corrected chi connectivity index (χ0v) is 8.91. The molecule has 1 aliphatic heterocycles. The van der Waals surface area contributed by atoms with Crippen molar-refractivity contribution in [1.29, 1.82) is 5.26 Å². The van der Waals surface area contributed by atoms with Gasteiger partial charge in [-0.1, -0.05) is 0 Å². The average molecular weight is 234 g/mol. The predicted molar refractivity (Wildman–Crippen MR) is 58.4 cm³/mol. The van der Waals surface area contributed by atoms with Crippen molar-refractivity contribution < 1.29 is 10.0 Å². The highest BCUT2D eigenvalue weighted by atomic mass is 16.6. The molecular formula is C10H10N4O3. The Bertz CT molecular complexity index is 497. The highest BCUT2D eigenvalue weighted by Crippen LogP contribution is 2.24. The van der Waals surface area contributed by atoms with Crippen LogP contribution in [0.3, 0.4) is 0 Å². The van der Waals surface area contributed by atoms with E-state index < -0.39 is 11.0 Å². The molecule has 1 fully saturated rings. The Labute approximate surface area is 97.1 Å². The van der Waals surface area contributed by atoms with E-state index in [0.29, 0.717) is 25.3 Å². The molecule has 0 radical (unpaired) electrons. The number of nitro groups is 1. The van der Waals surface area contributed by atoms with Crippen molar-refractivity contribution >= 4 is 11.5 Å². The summed E-state index contributed by atoms with van der Waals surface area (Å²) >= 11 is 0. The van der Waals surface area contributed by atoms with Crippen LogP contribution in [0.15, 0.2) is 12.3 Å². The largest absolute Gasteiger partial charge is 0.391 e. The summed E-state index contributed by atoms with van der Waals surface area (Å²) in [7, 11) is 0. The van der Waals surface area contributed by atoms with E-state index in [1.807, 2.05) is 6.07 Å². The molecule has 7 heteroatoms. The van der Waals surface area contributed by atoms with Crippen molar-refractivity contribution in [2.75, 3.05) is 18.0 Å². The molecule has 0 bridgehead atoms. The maximum absolute atomic E-state index is 10.6. The van der Waals surface area contributed by atoms with Gasteiger partial charge in [-0.15, -0.1) is 0 Å². The van der Waals surface area contributed by atoms with E-state index in [2.05, 4.69) is 4.98 Å².